The van der Waals surface area contributed by atoms with Crippen LogP contribution in [0.25, 0.3) is 0 Å². The molecular weight excluding hydrogens is 701 g/mol. The molecule has 0 rings (SSSR count). The van der Waals surface area contributed by atoms with E-state index in [2.05, 4.69) is 62.5 Å². The Morgan fingerprint density at radius 2 is 0.789 bits per heavy atom. The van der Waals surface area contributed by atoms with Crippen molar-refractivity contribution in [1.29, 1.82) is 0 Å². The molecule has 1 unspecified atom stereocenters. The number of allylic oxidation sites excluding steroid dienone is 8. The van der Waals surface area contributed by atoms with Crippen molar-refractivity contribution in [2.24, 2.45) is 0 Å². The predicted molar refractivity (Wildman–Crippen MR) is 251 cm³/mol. The first-order valence-electron chi connectivity index (χ1n) is 25.2. The van der Waals surface area contributed by atoms with E-state index in [1.807, 2.05) is 0 Å². The van der Waals surface area contributed by atoms with Crippen LogP contribution in [0.3, 0.4) is 0 Å². The number of aliphatic hydroxyl groups excluding tert-OH is 1. The second kappa shape index (κ2) is 50.5. The number of carbonyl (C=O) groups excluding carboxylic acids is 1. The Morgan fingerprint density at radius 3 is 1.19 bits per heavy atom. The molecule has 4 nitrogen and oxygen atoms in total. The summed E-state index contributed by atoms with van der Waals surface area (Å²) < 4.78 is 11.2. The third-order valence-corrected chi connectivity index (χ3v) is 11.2. The van der Waals surface area contributed by atoms with Gasteiger partial charge in [0.1, 0.15) is 6.10 Å². The third-order valence-electron chi connectivity index (χ3n) is 11.2. The maximum absolute atomic E-state index is 12.3. The van der Waals surface area contributed by atoms with Gasteiger partial charge in [-0.1, -0.05) is 249 Å². The molecule has 334 valence electrons. The fourth-order valence-corrected chi connectivity index (χ4v) is 7.44. The topological polar surface area (TPSA) is 55.8 Å². The van der Waals surface area contributed by atoms with E-state index in [4.69, 9.17) is 9.47 Å². The van der Waals surface area contributed by atoms with Gasteiger partial charge in [-0.15, -0.1) is 0 Å². The monoisotopic (exact) mass is 799 g/mol. The second-order valence-corrected chi connectivity index (χ2v) is 16.9. The van der Waals surface area contributed by atoms with Crippen LogP contribution in [0.15, 0.2) is 48.6 Å². The lowest BCUT2D eigenvalue weighted by atomic mass is 10.0. The van der Waals surface area contributed by atoms with Crippen molar-refractivity contribution >= 4 is 5.97 Å². The number of unbranched alkanes of at least 4 members (excludes halogenated alkanes) is 31. The van der Waals surface area contributed by atoms with Crippen LogP contribution in [0, 0.1) is 0 Å². The van der Waals surface area contributed by atoms with Gasteiger partial charge in [0.2, 0.25) is 0 Å². The van der Waals surface area contributed by atoms with Crippen molar-refractivity contribution in [3.63, 3.8) is 0 Å². The van der Waals surface area contributed by atoms with Crippen molar-refractivity contribution in [3.05, 3.63) is 48.6 Å². The molecule has 0 aromatic carbocycles. The Balaban J connectivity index is 3.38. The average Bonchev–Trinajstić information content (AvgIpc) is 3.22. The fourth-order valence-electron chi connectivity index (χ4n) is 7.44. The molecule has 1 atom stereocenters. The molecule has 0 aliphatic carbocycles. The van der Waals surface area contributed by atoms with Crippen molar-refractivity contribution in [3.8, 4) is 0 Å². The molecule has 0 heterocycles. The van der Waals surface area contributed by atoms with Crippen molar-refractivity contribution in [2.75, 3.05) is 19.8 Å². The number of carbonyl (C=O) groups is 1. The quantitative estimate of drug-likeness (QED) is 0.0378. The molecule has 4 heteroatoms. The standard InChI is InChI=1S/C53H98O4/c1-3-5-7-9-11-13-15-17-19-21-23-24-25-26-27-28-29-31-33-35-37-39-41-43-45-47-49-56-51-52(50-54)57-53(55)48-46-44-42-40-38-36-34-32-30-22-20-18-16-14-12-10-8-6-4-2/h5,7,11,13,17,19,23-24,52,54H,3-4,6,8-10,12,14-16,18,20-22,25-51H2,1-2H3/b7-5-,13-11-,19-17-,24-23-. The van der Waals surface area contributed by atoms with Crippen molar-refractivity contribution in [2.45, 2.75) is 264 Å². The Kier molecular flexibility index (Phi) is 49.0. The van der Waals surface area contributed by atoms with E-state index in [1.165, 1.54) is 193 Å². The molecule has 0 aromatic rings. The number of hydrogen-bond donors (Lipinski definition) is 1. The minimum atomic E-state index is -0.533. The van der Waals surface area contributed by atoms with E-state index < -0.39 is 6.10 Å². The van der Waals surface area contributed by atoms with E-state index in [0.29, 0.717) is 19.6 Å². The smallest absolute Gasteiger partial charge is 0.306 e. The fraction of sp³-hybridized carbons (Fsp3) is 0.830. The number of ether oxygens (including phenoxy) is 2. The highest BCUT2D eigenvalue weighted by Gasteiger charge is 2.13. The van der Waals surface area contributed by atoms with Crippen molar-refractivity contribution in [1.82, 2.24) is 0 Å². The normalized spacial score (nSPS) is 12.7. The van der Waals surface area contributed by atoms with Gasteiger partial charge in [-0.05, 0) is 51.4 Å². The summed E-state index contributed by atoms with van der Waals surface area (Å²) in [7, 11) is 0. The summed E-state index contributed by atoms with van der Waals surface area (Å²) in [6, 6.07) is 0. The molecular formula is C53H98O4. The summed E-state index contributed by atoms with van der Waals surface area (Å²) in [6.45, 7) is 5.27. The van der Waals surface area contributed by atoms with Crippen LogP contribution in [0.1, 0.15) is 258 Å². The van der Waals surface area contributed by atoms with Gasteiger partial charge < -0.3 is 14.6 Å². The first-order valence-corrected chi connectivity index (χ1v) is 25.2. The number of hydrogen-bond acceptors (Lipinski definition) is 4. The molecule has 0 saturated heterocycles. The van der Waals surface area contributed by atoms with Crippen LogP contribution in [0.4, 0.5) is 0 Å². The highest BCUT2D eigenvalue weighted by atomic mass is 16.6. The Hall–Kier alpha value is -1.65. The maximum Gasteiger partial charge on any atom is 0.306 e. The molecule has 0 radical (unpaired) electrons. The third kappa shape index (κ3) is 48.6. The molecule has 0 saturated carbocycles. The molecule has 0 aliphatic rings. The largest absolute Gasteiger partial charge is 0.457 e. The van der Waals surface area contributed by atoms with Crippen LogP contribution in [-0.4, -0.2) is 37.0 Å². The van der Waals surface area contributed by atoms with E-state index in [-0.39, 0.29) is 12.6 Å². The van der Waals surface area contributed by atoms with Crippen molar-refractivity contribution < 1.29 is 19.4 Å². The van der Waals surface area contributed by atoms with Gasteiger partial charge in [0.05, 0.1) is 13.2 Å². The minimum Gasteiger partial charge on any atom is -0.457 e. The summed E-state index contributed by atoms with van der Waals surface area (Å²) in [5.41, 5.74) is 0. The zero-order chi connectivity index (χ0) is 41.2. The molecule has 0 spiro atoms. The van der Waals surface area contributed by atoms with Gasteiger partial charge in [-0.3, -0.25) is 4.79 Å². The summed E-state index contributed by atoms with van der Waals surface area (Å²) in [5, 5.41) is 9.65. The zero-order valence-corrected chi connectivity index (χ0v) is 38.4. The number of aliphatic hydroxyl groups is 1. The van der Waals surface area contributed by atoms with Crippen LogP contribution in [0.5, 0.6) is 0 Å². The summed E-state index contributed by atoms with van der Waals surface area (Å²) in [4.78, 5) is 12.3. The highest BCUT2D eigenvalue weighted by Crippen LogP contribution is 2.16. The summed E-state index contributed by atoms with van der Waals surface area (Å²) in [5.74, 6) is -0.196. The minimum absolute atomic E-state index is 0.169. The molecule has 0 fully saturated rings. The lowest BCUT2D eigenvalue weighted by Crippen LogP contribution is -2.27. The summed E-state index contributed by atoms with van der Waals surface area (Å²) >= 11 is 0. The second-order valence-electron chi connectivity index (χ2n) is 16.9. The van der Waals surface area contributed by atoms with Crippen LogP contribution < -0.4 is 0 Å². The Bertz CT molecular complexity index is 889. The molecule has 57 heavy (non-hydrogen) atoms. The van der Waals surface area contributed by atoms with Gasteiger partial charge in [0.15, 0.2) is 0 Å². The predicted octanol–water partition coefficient (Wildman–Crippen LogP) is 17.0. The van der Waals surface area contributed by atoms with Gasteiger partial charge in [0.25, 0.3) is 0 Å². The van der Waals surface area contributed by atoms with E-state index in [9.17, 15) is 9.90 Å². The van der Waals surface area contributed by atoms with E-state index in [0.717, 1.165) is 44.9 Å². The zero-order valence-electron chi connectivity index (χ0n) is 38.4. The van der Waals surface area contributed by atoms with Crippen LogP contribution >= 0.6 is 0 Å². The van der Waals surface area contributed by atoms with E-state index >= 15 is 0 Å². The first kappa shape index (κ1) is 55.4. The highest BCUT2D eigenvalue weighted by molar-refractivity contribution is 5.69. The first-order chi connectivity index (χ1) is 28.2. The van der Waals surface area contributed by atoms with Gasteiger partial charge in [-0.2, -0.15) is 0 Å². The van der Waals surface area contributed by atoms with Gasteiger partial charge in [0, 0.05) is 13.0 Å². The molecule has 0 amide bonds. The summed E-state index contributed by atoms with van der Waals surface area (Å²) in [6.07, 6.45) is 66.3. The molecule has 0 aliphatic heterocycles. The Morgan fingerprint density at radius 1 is 0.439 bits per heavy atom. The van der Waals surface area contributed by atoms with Crippen LogP contribution in [0.2, 0.25) is 0 Å². The SMILES string of the molecule is CC/C=C\C/C=C\C/C=C\C/C=C\CCCCCCCCCCCCCCCOCC(CO)OC(=O)CCCCCCCCCCCCCCCCCCCCC. The van der Waals surface area contributed by atoms with E-state index in [1.54, 1.807) is 0 Å². The molecule has 0 aromatic heterocycles. The van der Waals surface area contributed by atoms with Gasteiger partial charge in [-0.25, -0.2) is 0 Å². The Labute approximate surface area is 356 Å². The molecule has 0 bridgehead atoms. The van der Waals surface area contributed by atoms with Crippen LogP contribution in [-0.2, 0) is 14.3 Å². The number of esters is 1. The maximum atomic E-state index is 12.3. The number of rotatable bonds is 47. The molecule has 1 N–H and O–H groups in total. The lowest BCUT2D eigenvalue weighted by Gasteiger charge is -2.16. The lowest BCUT2D eigenvalue weighted by molar-refractivity contribution is -0.154. The van der Waals surface area contributed by atoms with Gasteiger partial charge >= 0.3 is 5.97 Å². The average molecular weight is 799 g/mol.